The molecule has 1 aliphatic rings. The monoisotopic (exact) mass is 430 g/mol. The molecule has 1 heterocycles. The zero-order valence-corrected chi connectivity index (χ0v) is 22.5. The Balaban J connectivity index is 2.50. The SMILES string of the molecule is CCO[Si](C)(CCCCN1CCN([Si](C(C)C)(C(C)C)C(C)C)CC1)OCC. The predicted molar refractivity (Wildman–Crippen MR) is 128 cm³/mol. The minimum absolute atomic E-state index is 0.776. The molecule has 0 N–H and O–H groups in total. The van der Waals surface area contributed by atoms with E-state index in [0.29, 0.717) is 0 Å². The maximum Gasteiger partial charge on any atom is 0.334 e. The van der Waals surface area contributed by atoms with Gasteiger partial charge in [-0.3, -0.25) is 0 Å². The van der Waals surface area contributed by atoms with Crippen molar-refractivity contribution in [2.24, 2.45) is 0 Å². The largest absolute Gasteiger partial charge is 0.395 e. The molecule has 0 bridgehead atoms. The van der Waals surface area contributed by atoms with Crippen LogP contribution in [-0.4, -0.2) is 72.2 Å². The Hall–Kier alpha value is 0.274. The fraction of sp³-hybridized carbons (Fsp3) is 1.00. The van der Waals surface area contributed by atoms with Gasteiger partial charge in [0.05, 0.1) is 0 Å². The lowest BCUT2D eigenvalue weighted by atomic mass is 10.3. The van der Waals surface area contributed by atoms with Crippen LogP contribution in [0.25, 0.3) is 0 Å². The highest BCUT2D eigenvalue weighted by Crippen LogP contribution is 2.44. The molecule has 0 aromatic heterocycles. The lowest BCUT2D eigenvalue weighted by molar-refractivity contribution is 0.172. The van der Waals surface area contributed by atoms with Crippen LogP contribution in [0.15, 0.2) is 0 Å². The summed E-state index contributed by atoms with van der Waals surface area (Å²) < 4.78 is 14.9. The van der Waals surface area contributed by atoms with Crippen LogP contribution in [0.1, 0.15) is 68.2 Å². The van der Waals surface area contributed by atoms with Crippen molar-refractivity contribution in [2.75, 3.05) is 45.9 Å². The molecule has 0 atom stereocenters. The van der Waals surface area contributed by atoms with E-state index >= 15 is 0 Å². The summed E-state index contributed by atoms with van der Waals surface area (Å²) in [5, 5.41) is 0. The summed E-state index contributed by atoms with van der Waals surface area (Å²) in [6, 6.07) is 1.12. The highest BCUT2D eigenvalue weighted by molar-refractivity contribution is 6.81. The van der Waals surface area contributed by atoms with Gasteiger partial charge in [0, 0.05) is 39.4 Å². The van der Waals surface area contributed by atoms with Crippen LogP contribution in [-0.2, 0) is 8.85 Å². The molecule has 0 aromatic carbocycles. The molecule has 6 heteroatoms. The van der Waals surface area contributed by atoms with Crippen LogP contribution in [0.4, 0.5) is 0 Å². The molecule has 4 nitrogen and oxygen atoms in total. The number of unbranched alkanes of at least 4 members (excludes halogenated alkanes) is 1. The van der Waals surface area contributed by atoms with Crippen molar-refractivity contribution < 1.29 is 8.85 Å². The van der Waals surface area contributed by atoms with E-state index in [1.807, 2.05) is 0 Å². The molecule has 0 saturated carbocycles. The first-order chi connectivity index (χ1) is 13.1. The van der Waals surface area contributed by atoms with Crippen LogP contribution in [0.2, 0.25) is 29.2 Å². The van der Waals surface area contributed by atoms with Gasteiger partial charge in [-0.05, 0) is 56.0 Å². The van der Waals surface area contributed by atoms with Gasteiger partial charge in [0.2, 0.25) is 0 Å². The van der Waals surface area contributed by atoms with Crippen molar-refractivity contribution in [2.45, 2.75) is 97.4 Å². The highest BCUT2D eigenvalue weighted by atomic mass is 28.4. The van der Waals surface area contributed by atoms with Crippen LogP contribution in [0.5, 0.6) is 0 Å². The topological polar surface area (TPSA) is 24.9 Å². The van der Waals surface area contributed by atoms with Crippen molar-refractivity contribution in [3.8, 4) is 0 Å². The number of piperazine rings is 1. The van der Waals surface area contributed by atoms with Gasteiger partial charge in [-0.15, -0.1) is 0 Å². The van der Waals surface area contributed by atoms with E-state index in [4.69, 9.17) is 8.85 Å². The number of nitrogens with zero attached hydrogens (tertiary/aromatic N) is 2. The molecular weight excluding hydrogens is 380 g/mol. The number of hydrogen-bond donors (Lipinski definition) is 0. The molecule has 1 saturated heterocycles. The second-order valence-electron chi connectivity index (χ2n) is 9.64. The van der Waals surface area contributed by atoms with E-state index in [9.17, 15) is 0 Å². The fourth-order valence-electron chi connectivity index (χ4n) is 6.03. The highest BCUT2D eigenvalue weighted by Gasteiger charge is 2.48. The molecule has 1 aliphatic heterocycles. The summed E-state index contributed by atoms with van der Waals surface area (Å²) in [5.74, 6) is 0. The first-order valence-corrected chi connectivity index (χ1v) is 16.6. The van der Waals surface area contributed by atoms with Crippen molar-refractivity contribution in [3.05, 3.63) is 0 Å². The Kier molecular flexibility index (Phi) is 11.5. The second-order valence-corrected chi connectivity index (χ2v) is 18.9. The molecule has 0 spiro atoms. The lowest BCUT2D eigenvalue weighted by Gasteiger charge is -2.53. The third-order valence-corrected chi connectivity index (χ3v) is 17.1. The van der Waals surface area contributed by atoms with Gasteiger partial charge in [0.15, 0.2) is 0 Å². The van der Waals surface area contributed by atoms with Gasteiger partial charge in [0.1, 0.15) is 8.24 Å². The predicted octanol–water partition coefficient (Wildman–Crippen LogP) is 5.70. The standard InChI is InChI=1S/C22H50N2O2Si2/c1-10-25-27(9,26-11-2)19-13-12-14-23-15-17-24(18-16-23)28(20(3)4,21(5)6)22(7)8/h20-22H,10-19H2,1-9H3. The summed E-state index contributed by atoms with van der Waals surface area (Å²) >= 11 is 0. The Morgan fingerprint density at radius 1 is 0.750 bits per heavy atom. The normalized spacial score (nSPS) is 18.0. The quantitative estimate of drug-likeness (QED) is 0.276. The van der Waals surface area contributed by atoms with Crippen LogP contribution in [0, 0.1) is 0 Å². The van der Waals surface area contributed by atoms with Crippen LogP contribution >= 0.6 is 0 Å². The summed E-state index contributed by atoms with van der Waals surface area (Å²) in [4.78, 5) is 2.69. The van der Waals surface area contributed by atoms with E-state index in [1.54, 1.807) is 0 Å². The van der Waals surface area contributed by atoms with E-state index in [2.05, 4.69) is 71.4 Å². The summed E-state index contributed by atoms with van der Waals surface area (Å²) in [7, 11) is -3.39. The molecule has 0 unspecified atom stereocenters. The minimum atomic E-state index is -1.93. The molecular formula is C22H50N2O2Si2. The molecule has 168 valence electrons. The third kappa shape index (κ3) is 6.64. The van der Waals surface area contributed by atoms with Crippen LogP contribution in [0.3, 0.4) is 0 Å². The zero-order chi connectivity index (χ0) is 21.4. The van der Waals surface area contributed by atoms with E-state index in [1.165, 1.54) is 45.6 Å². The van der Waals surface area contributed by atoms with E-state index < -0.39 is 16.8 Å². The molecule has 0 aromatic rings. The smallest absolute Gasteiger partial charge is 0.334 e. The Morgan fingerprint density at radius 3 is 1.61 bits per heavy atom. The molecule has 1 fully saturated rings. The molecule has 0 amide bonds. The average Bonchev–Trinajstić information content (AvgIpc) is 2.60. The van der Waals surface area contributed by atoms with Gasteiger partial charge in [-0.25, -0.2) is 0 Å². The van der Waals surface area contributed by atoms with Gasteiger partial charge < -0.3 is 18.3 Å². The molecule has 1 rings (SSSR count). The van der Waals surface area contributed by atoms with Gasteiger partial charge in [-0.1, -0.05) is 48.0 Å². The summed E-state index contributed by atoms with van der Waals surface area (Å²) in [5.41, 5.74) is 2.46. The maximum atomic E-state index is 5.98. The Bertz CT molecular complexity index is 397. The molecule has 0 aliphatic carbocycles. The van der Waals surface area contributed by atoms with Crippen molar-refractivity contribution in [1.29, 1.82) is 0 Å². The molecule has 28 heavy (non-hydrogen) atoms. The number of rotatable bonds is 13. The fourth-order valence-corrected chi connectivity index (χ4v) is 15.7. The first-order valence-electron chi connectivity index (χ1n) is 11.9. The summed E-state index contributed by atoms with van der Waals surface area (Å²) in [6.45, 7) is 29.1. The Morgan fingerprint density at radius 2 is 1.21 bits per heavy atom. The van der Waals surface area contributed by atoms with Crippen LogP contribution < -0.4 is 0 Å². The Labute approximate surface area is 178 Å². The third-order valence-electron chi connectivity index (χ3n) is 6.95. The summed E-state index contributed by atoms with van der Waals surface area (Å²) in [6.07, 6.45) is 2.50. The van der Waals surface area contributed by atoms with Gasteiger partial charge in [0.25, 0.3) is 0 Å². The number of hydrogen-bond acceptors (Lipinski definition) is 4. The minimum Gasteiger partial charge on any atom is -0.395 e. The van der Waals surface area contributed by atoms with Crippen molar-refractivity contribution in [3.63, 3.8) is 0 Å². The van der Waals surface area contributed by atoms with Gasteiger partial charge >= 0.3 is 8.56 Å². The molecule has 0 radical (unpaired) electrons. The van der Waals surface area contributed by atoms with E-state index in [0.717, 1.165) is 35.9 Å². The lowest BCUT2D eigenvalue weighted by Crippen LogP contribution is -2.65. The van der Waals surface area contributed by atoms with Gasteiger partial charge in [-0.2, -0.15) is 0 Å². The van der Waals surface area contributed by atoms with E-state index in [-0.39, 0.29) is 0 Å². The zero-order valence-electron chi connectivity index (χ0n) is 20.5. The van der Waals surface area contributed by atoms with Crippen molar-refractivity contribution >= 4 is 16.8 Å². The maximum absolute atomic E-state index is 5.98. The first kappa shape index (κ1) is 26.3. The second kappa shape index (κ2) is 12.2. The average molecular weight is 431 g/mol. The van der Waals surface area contributed by atoms with Crippen molar-refractivity contribution in [1.82, 2.24) is 9.47 Å².